The molecule has 1 amide bonds. The molecule has 1 aliphatic heterocycles. The summed E-state index contributed by atoms with van der Waals surface area (Å²) in [6, 6.07) is -1.10. The third-order valence-corrected chi connectivity index (χ3v) is 2.27. The van der Waals surface area contributed by atoms with Crippen molar-refractivity contribution < 1.29 is 30.0 Å². The Bertz CT molecular complexity index is 235. The first-order valence-corrected chi connectivity index (χ1v) is 4.55. The Kier molecular flexibility index (Phi) is 4.00. The van der Waals surface area contributed by atoms with Crippen molar-refractivity contribution in [3.63, 3.8) is 0 Å². The predicted molar refractivity (Wildman–Crippen MR) is 47.6 cm³/mol. The van der Waals surface area contributed by atoms with Crippen molar-refractivity contribution in [2.45, 2.75) is 37.6 Å². The smallest absolute Gasteiger partial charge is 0.217 e. The lowest BCUT2D eigenvalue weighted by molar-refractivity contribution is -0.253. The molecule has 0 aromatic heterocycles. The molecule has 0 aliphatic carbocycles. The van der Waals surface area contributed by atoms with Crippen molar-refractivity contribution in [3.8, 4) is 0 Å². The fourth-order valence-corrected chi connectivity index (χ4v) is 1.49. The number of hydrogen-bond acceptors (Lipinski definition) is 6. The van der Waals surface area contributed by atoms with Crippen molar-refractivity contribution >= 4 is 5.91 Å². The standard InChI is InChI=1S/C8H15NO6/c1-3(11)9-5-7(13)6(12)4(2-10)15-8(5)14/h4-8,10,12-14H,2H2,1H3,(H,9,11)/t4?,5-,6+,7?,8?/m0/s1. The lowest BCUT2D eigenvalue weighted by Gasteiger charge is -2.40. The highest BCUT2D eigenvalue weighted by Gasteiger charge is 2.43. The van der Waals surface area contributed by atoms with E-state index in [0.29, 0.717) is 0 Å². The molecule has 3 unspecified atom stereocenters. The van der Waals surface area contributed by atoms with Gasteiger partial charge >= 0.3 is 0 Å². The lowest BCUT2D eigenvalue weighted by atomic mass is 9.97. The predicted octanol–water partition coefficient (Wildman–Crippen LogP) is -3.08. The van der Waals surface area contributed by atoms with E-state index < -0.39 is 43.2 Å². The van der Waals surface area contributed by atoms with Gasteiger partial charge in [0.15, 0.2) is 6.29 Å². The van der Waals surface area contributed by atoms with Crippen LogP contribution >= 0.6 is 0 Å². The summed E-state index contributed by atoms with van der Waals surface area (Å²) in [5.74, 6) is -0.462. The Morgan fingerprint density at radius 1 is 1.33 bits per heavy atom. The van der Waals surface area contributed by atoms with E-state index in [1.807, 2.05) is 0 Å². The first-order chi connectivity index (χ1) is 6.97. The number of carbonyl (C=O) groups is 1. The van der Waals surface area contributed by atoms with E-state index in [1.54, 1.807) is 0 Å². The largest absolute Gasteiger partial charge is 0.394 e. The van der Waals surface area contributed by atoms with Crippen molar-refractivity contribution in [1.82, 2.24) is 5.32 Å². The minimum Gasteiger partial charge on any atom is -0.394 e. The van der Waals surface area contributed by atoms with Crippen LogP contribution in [0.1, 0.15) is 6.92 Å². The summed E-state index contributed by atoms with van der Waals surface area (Å²) < 4.78 is 4.81. The van der Waals surface area contributed by atoms with Crippen LogP contribution in [-0.2, 0) is 9.53 Å². The van der Waals surface area contributed by atoms with Gasteiger partial charge in [0.2, 0.25) is 5.91 Å². The van der Waals surface area contributed by atoms with Crippen LogP contribution in [0.15, 0.2) is 0 Å². The first kappa shape index (κ1) is 12.3. The average Bonchev–Trinajstić information content (AvgIpc) is 2.18. The number of rotatable bonds is 2. The Balaban J connectivity index is 2.70. The number of ether oxygens (including phenoxy) is 1. The lowest BCUT2D eigenvalue weighted by Crippen LogP contribution is -2.63. The van der Waals surface area contributed by atoms with E-state index in [2.05, 4.69) is 5.32 Å². The maximum absolute atomic E-state index is 10.7. The Morgan fingerprint density at radius 3 is 2.40 bits per heavy atom. The molecule has 1 aliphatic rings. The maximum atomic E-state index is 10.7. The third kappa shape index (κ3) is 2.64. The van der Waals surface area contributed by atoms with Gasteiger partial charge in [-0.05, 0) is 0 Å². The van der Waals surface area contributed by atoms with Crippen LogP contribution in [0.3, 0.4) is 0 Å². The normalized spacial score (nSPS) is 41.3. The van der Waals surface area contributed by atoms with Crippen LogP contribution in [0.2, 0.25) is 0 Å². The first-order valence-electron chi connectivity index (χ1n) is 4.55. The molecule has 0 radical (unpaired) electrons. The average molecular weight is 221 g/mol. The minimum atomic E-state index is -1.45. The number of aliphatic hydroxyl groups is 4. The van der Waals surface area contributed by atoms with E-state index in [0.717, 1.165) is 0 Å². The topological polar surface area (TPSA) is 119 Å². The minimum absolute atomic E-state index is 0.462. The number of amides is 1. The highest BCUT2D eigenvalue weighted by Crippen LogP contribution is 2.19. The molecule has 7 heteroatoms. The molecule has 5 N–H and O–H groups in total. The van der Waals surface area contributed by atoms with E-state index in [-0.39, 0.29) is 0 Å². The molecule has 1 fully saturated rings. The summed E-state index contributed by atoms with van der Waals surface area (Å²) >= 11 is 0. The van der Waals surface area contributed by atoms with Crippen molar-refractivity contribution in [1.29, 1.82) is 0 Å². The molecular formula is C8H15NO6. The van der Waals surface area contributed by atoms with Crippen LogP contribution in [0.5, 0.6) is 0 Å². The van der Waals surface area contributed by atoms with E-state index >= 15 is 0 Å². The van der Waals surface area contributed by atoms with Gasteiger partial charge in [-0.1, -0.05) is 0 Å². The monoisotopic (exact) mass is 221 g/mol. The van der Waals surface area contributed by atoms with Crippen LogP contribution in [0.4, 0.5) is 0 Å². The summed E-state index contributed by atoms with van der Waals surface area (Å²) in [7, 11) is 0. The highest BCUT2D eigenvalue weighted by molar-refractivity contribution is 5.73. The van der Waals surface area contributed by atoms with E-state index in [9.17, 15) is 20.1 Å². The zero-order chi connectivity index (χ0) is 11.6. The van der Waals surface area contributed by atoms with Crippen LogP contribution in [-0.4, -0.2) is 63.6 Å². The van der Waals surface area contributed by atoms with Gasteiger partial charge in [-0.25, -0.2) is 0 Å². The Morgan fingerprint density at radius 2 is 1.93 bits per heavy atom. The molecule has 0 saturated carbocycles. The number of hydrogen-bond donors (Lipinski definition) is 5. The second-order valence-electron chi connectivity index (χ2n) is 3.46. The fraction of sp³-hybridized carbons (Fsp3) is 0.875. The second kappa shape index (κ2) is 4.86. The molecule has 88 valence electrons. The molecule has 15 heavy (non-hydrogen) atoms. The molecule has 0 aromatic carbocycles. The molecule has 0 spiro atoms. The second-order valence-corrected chi connectivity index (χ2v) is 3.46. The summed E-state index contributed by atoms with van der Waals surface area (Å²) in [5, 5.41) is 39.4. The molecule has 1 heterocycles. The van der Waals surface area contributed by atoms with Gasteiger partial charge in [-0.3, -0.25) is 4.79 Å². The van der Waals surface area contributed by atoms with Crippen LogP contribution in [0.25, 0.3) is 0 Å². The van der Waals surface area contributed by atoms with Gasteiger partial charge in [0.05, 0.1) is 6.61 Å². The molecular weight excluding hydrogens is 206 g/mol. The van der Waals surface area contributed by atoms with E-state index in [1.165, 1.54) is 6.92 Å². The summed E-state index contributed by atoms with van der Waals surface area (Å²) in [6.45, 7) is 0.687. The summed E-state index contributed by atoms with van der Waals surface area (Å²) in [5.41, 5.74) is 0. The van der Waals surface area contributed by atoms with Crippen molar-refractivity contribution in [3.05, 3.63) is 0 Å². The third-order valence-electron chi connectivity index (χ3n) is 2.27. The van der Waals surface area contributed by atoms with Gasteiger partial charge in [0, 0.05) is 6.92 Å². The van der Waals surface area contributed by atoms with Gasteiger partial charge in [-0.2, -0.15) is 0 Å². The molecule has 1 saturated heterocycles. The van der Waals surface area contributed by atoms with E-state index in [4.69, 9.17) is 9.84 Å². The number of aliphatic hydroxyl groups excluding tert-OH is 4. The van der Waals surface area contributed by atoms with Crippen molar-refractivity contribution in [2.24, 2.45) is 0 Å². The number of carbonyl (C=O) groups excluding carboxylic acids is 1. The van der Waals surface area contributed by atoms with Gasteiger partial charge in [0.25, 0.3) is 0 Å². The molecule has 1 rings (SSSR count). The Labute approximate surface area is 86.3 Å². The Hall–Kier alpha value is -0.730. The van der Waals surface area contributed by atoms with Crippen LogP contribution in [0, 0.1) is 0 Å². The van der Waals surface area contributed by atoms with Gasteiger partial charge in [-0.15, -0.1) is 0 Å². The zero-order valence-corrected chi connectivity index (χ0v) is 8.20. The fourth-order valence-electron chi connectivity index (χ4n) is 1.49. The summed E-state index contributed by atoms with van der Waals surface area (Å²) in [4.78, 5) is 10.7. The van der Waals surface area contributed by atoms with Gasteiger partial charge < -0.3 is 30.5 Å². The number of nitrogens with one attached hydrogen (secondary N) is 1. The van der Waals surface area contributed by atoms with Crippen molar-refractivity contribution in [2.75, 3.05) is 6.61 Å². The SMILES string of the molecule is CC(=O)N[C@@H]1C(O)OC(CO)[C@@H](O)C1O. The molecule has 7 nitrogen and oxygen atoms in total. The highest BCUT2D eigenvalue weighted by atomic mass is 16.6. The maximum Gasteiger partial charge on any atom is 0.217 e. The summed E-state index contributed by atoms with van der Waals surface area (Å²) in [6.07, 6.45) is -5.24. The molecule has 5 atom stereocenters. The quantitative estimate of drug-likeness (QED) is 0.337. The van der Waals surface area contributed by atoms with Crippen LogP contribution < -0.4 is 5.32 Å². The zero-order valence-electron chi connectivity index (χ0n) is 8.20. The molecule has 0 aromatic rings. The van der Waals surface area contributed by atoms with Gasteiger partial charge in [0.1, 0.15) is 24.4 Å². The molecule has 0 bridgehead atoms.